The van der Waals surface area contributed by atoms with E-state index in [2.05, 4.69) is 0 Å². The van der Waals surface area contributed by atoms with Crippen LogP contribution < -0.4 is 10.4 Å². The first kappa shape index (κ1) is 18.3. The Balaban J connectivity index is 2.68. The Morgan fingerprint density at radius 2 is 0.913 bits per heavy atom. The lowest BCUT2D eigenvalue weighted by molar-refractivity contribution is 0.304. The van der Waals surface area contributed by atoms with Gasteiger partial charge in [-0.15, -0.1) is 0 Å². The Kier molecular flexibility index (Phi) is 5.41. The molecule has 0 saturated heterocycles. The van der Waals surface area contributed by atoms with E-state index in [4.69, 9.17) is 8.23 Å². The largest absolute Gasteiger partial charge is 0.411 e. The lowest BCUT2D eigenvalue weighted by Gasteiger charge is -2.39. The normalized spacial score (nSPS) is 13.1. The molecule has 4 nitrogen and oxygen atoms in total. The van der Waals surface area contributed by atoms with E-state index in [0.29, 0.717) is 0 Å². The second kappa shape index (κ2) is 6.81. The summed E-state index contributed by atoms with van der Waals surface area (Å²) in [6.07, 6.45) is 0. The van der Waals surface area contributed by atoms with Crippen LogP contribution >= 0.6 is 0 Å². The van der Waals surface area contributed by atoms with Gasteiger partial charge in [-0.05, 0) is 36.6 Å². The molecule has 0 aliphatic heterocycles. The Labute approximate surface area is 141 Å². The summed E-state index contributed by atoms with van der Waals surface area (Å²) in [5.74, 6) is 0. The van der Waals surface area contributed by atoms with E-state index >= 15 is 0 Å². The number of rotatable bonds is 6. The van der Waals surface area contributed by atoms with Gasteiger partial charge >= 0.3 is 25.7 Å². The van der Waals surface area contributed by atoms with Crippen molar-refractivity contribution in [1.82, 2.24) is 0 Å². The molecule has 7 heteroatoms. The van der Waals surface area contributed by atoms with Crippen molar-refractivity contribution in [1.29, 1.82) is 0 Å². The molecule has 23 heavy (non-hydrogen) atoms. The summed E-state index contributed by atoms with van der Waals surface area (Å²) in [6, 6.07) is 19.3. The summed E-state index contributed by atoms with van der Waals surface area (Å²) in [5.41, 5.74) is 0. The van der Waals surface area contributed by atoms with Gasteiger partial charge in [0, 0.05) is 0 Å². The highest BCUT2D eigenvalue weighted by atomic mass is 28.5. The molecule has 0 saturated carbocycles. The van der Waals surface area contributed by atoms with Gasteiger partial charge in [-0.25, -0.2) is 0 Å². The standard InChI is InChI=1S/C16H24O4Si3/c1-21(2,17)19-23(20-22(3,4)18,15-11-7-5-8-12-15)16-13-9-6-10-14-16/h5-14,17-18H,1-4H3. The molecular weight excluding hydrogens is 340 g/mol. The van der Waals surface area contributed by atoms with Gasteiger partial charge in [0.05, 0.1) is 0 Å². The van der Waals surface area contributed by atoms with E-state index in [0.717, 1.165) is 10.4 Å². The van der Waals surface area contributed by atoms with E-state index < -0.39 is 25.7 Å². The fraction of sp³-hybridized carbons (Fsp3) is 0.250. The highest BCUT2D eigenvalue weighted by Gasteiger charge is 2.50. The molecule has 0 fully saturated rings. The number of hydrogen-bond donors (Lipinski definition) is 2. The van der Waals surface area contributed by atoms with Gasteiger partial charge in [0.15, 0.2) is 0 Å². The lowest BCUT2D eigenvalue weighted by atomic mass is 10.4. The average Bonchev–Trinajstić information content (AvgIpc) is 2.45. The Morgan fingerprint density at radius 3 is 1.17 bits per heavy atom. The van der Waals surface area contributed by atoms with Crippen LogP contribution in [0.5, 0.6) is 0 Å². The zero-order valence-corrected chi connectivity index (χ0v) is 17.0. The summed E-state index contributed by atoms with van der Waals surface area (Å²) in [6.45, 7) is 6.87. The molecule has 124 valence electrons. The molecular formula is C16H24O4Si3. The van der Waals surface area contributed by atoms with E-state index in [9.17, 15) is 9.59 Å². The molecule has 0 radical (unpaired) electrons. The monoisotopic (exact) mass is 364 g/mol. The van der Waals surface area contributed by atoms with Gasteiger partial charge in [-0.1, -0.05) is 60.7 Å². The van der Waals surface area contributed by atoms with Crippen LogP contribution in [0.2, 0.25) is 26.2 Å². The predicted octanol–water partition coefficient (Wildman–Crippen LogP) is 1.66. The SMILES string of the molecule is C[Si](C)(O)O[Si](O[Si](C)(C)O)(c1ccccc1)c1ccccc1. The zero-order chi connectivity index (χ0) is 17.1. The molecule has 0 spiro atoms. The highest BCUT2D eigenvalue weighted by molar-refractivity contribution is 7.00. The predicted molar refractivity (Wildman–Crippen MR) is 99.5 cm³/mol. The van der Waals surface area contributed by atoms with Crippen molar-refractivity contribution in [2.45, 2.75) is 26.2 Å². The molecule has 0 heterocycles. The summed E-state index contributed by atoms with van der Waals surface area (Å²) >= 11 is 0. The van der Waals surface area contributed by atoms with Gasteiger partial charge < -0.3 is 17.8 Å². The van der Waals surface area contributed by atoms with Crippen molar-refractivity contribution in [3.8, 4) is 0 Å². The van der Waals surface area contributed by atoms with E-state index in [1.807, 2.05) is 60.7 Å². The lowest BCUT2D eigenvalue weighted by Crippen LogP contribution is -2.70. The van der Waals surface area contributed by atoms with Crippen LogP contribution in [-0.2, 0) is 8.23 Å². The van der Waals surface area contributed by atoms with Crippen LogP contribution in [0.4, 0.5) is 0 Å². The maximum Gasteiger partial charge on any atom is 0.389 e. The van der Waals surface area contributed by atoms with Crippen LogP contribution in [0.15, 0.2) is 60.7 Å². The molecule has 0 atom stereocenters. The fourth-order valence-electron chi connectivity index (χ4n) is 2.44. The number of benzene rings is 2. The average molecular weight is 365 g/mol. The minimum Gasteiger partial charge on any atom is -0.411 e. The van der Waals surface area contributed by atoms with Crippen molar-refractivity contribution in [2.24, 2.45) is 0 Å². The van der Waals surface area contributed by atoms with E-state index in [1.54, 1.807) is 26.2 Å². The Hall–Kier alpha value is -1.07. The third kappa shape index (κ3) is 4.95. The second-order valence-electron chi connectivity index (χ2n) is 6.45. The van der Waals surface area contributed by atoms with Gasteiger partial charge in [-0.3, -0.25) is 0 Å². The van der Waals surface area contributed by atoms with Gasteiger partial charge in [0.1, 0.15) is 0 Å². The molecule has 0 unspecified atom stereocenters. The Morgan fingerprint density at radius 1 is 0.609 bits per heavy atom. The van der Waals surface area contributed by atoms with E-state index in [-0.39, 0.29) is 0 Å². The third-order valence-corrected chi connectivity index (χ3v) is 11.6. The molecule has 2 rings (SSSR count). The fourth-order valence-corrected chi connectivity index (χ4v) is 12.1. The summed E-state index contributed by atoms with van der Waals surface area (Å²) < 4.78 is 12.5. The summed E-state index contributed by atoms with van der Waals surface area (Å²) in [4.78, 5) is 21.0. The van der Waals surface area contributed by atoms with Crippen LogP contribution in [-0.4, -0.2) is 35.3 Å². The van der Waals surface area contributed by atoms with Gasteiger partial charge in [0.25, 0.3) is 0 Å². The maximum absolute atomic E-state index is 10.5. The first-order valence-corrected chi connectivity index (χ1v) is 15.1. The van der Waals surface area contributed by atoms with Gasteiger partial charge in [0.2, 0.25) is 0 Å². The van der Waals surface area contributed by atoms with Crippen LogP contribution in [0.25, 0.3) is 0 Å². The molecule has 2 aromatic rings. The number of hydrogen-bond acceptors (Lipinski definition) is 4. The quantitative estimate of drug-likeness (QED) is 0.766. The summed E-state index contributed by atoms with van der Waals surface area (Å²) in [5, 5.41) is 1.77. The maximum atomic E-state index is 10.5. The third-order valence-electron chi connectivity index (χ3n) is 3.09. The highest BCUT2D eigenvalue weighted by Crippen LogP contribution is 2.19. The minimum atomic E-state index is -3.20. The first-order valence-electron chi connectivity index (χ1n) is 7.59. The zero-order valence-electron chi connectivity index (χ0n) is 14.0. The van der Waals surface area contributed by atoms with Crippen LogP contribution in [0, 0.1) is 0 Å². The molecule has 0 bridgehead atoms. The van der Waals surface area contributed by atoms with Crippen molar-refractivity contribution in [3.05, 3.63) is 60.7 Å². The van der Waals surface area contributed by atoms with Crippen LogP contribution in [0.1, 0.15) is 0 Å². The van der Waals surface area contributed by atoms with Crippen LogP contribution in [0.3, 0.4) is 0 Å². The Bertz CT molecular complexity index is 564. The minimum absolute atomic E-state index is 0.885. The molecule has 2 aromatic carbocycles. The second-order valence-corrected chi connectivity index (χ2v) is 16.3. The first-order chi connectivity index (χ1) is 10.6. The van der Waals surface area contributed by atoms with Crippen molar-refractivity contribution in [3.63, 3.8) is 0 Å². The van der Waals surface area contributed by atoms with E-state index in [1.165, 1.54) is 0 Å². The molecule has 0 aromatic heterocycles. The molecule has 0 aliphatic rings. The summed E-state index contributed by atoms with van der Waals surface area (Å²) in [7, 11) is -9.02. The molecule has 0 aliphatic carbocycles. The van der Waals surface area contributed by atoms with Gasteiger partial charge in [-0.2, -0.15) is 0 Å². The van der Waals surface area contributed by atoms with Crippen molar-refractivity contribution < 1.29 is 17.8 Å². The smallest absolute Gasteiger partial charge is 0.389 e. The molecule has 2 N–H and O–H groups in total. The molecule has 0 amide bonds. The van der Waals surface area contributed by atoms with Crippen molar-refractivity contribution >= 4 is 36.1 Å². The topological polar surface area (TPSA) is 58.9 Å². The van der Waals surface area contributed by atoms with Crippen molar-refractivity contribution in [2.75, 3.05) is 0 Å².